The van der Waals surface area contributed by atoms with Crippen molar-refractivity contribution in [2.45, 2.75) is 24.7 Å². The van der Waals surface area contributed by atoms with E-state index in [1.807, 2.05) is 24.4 Å². The predicted octanol–water partition coefficient (Wildman–Crippen LogP) is 2.69. The van der Waals surface area contributed by atoms with Gasteiger partial charge in [0, 0.05) is 23.5 Å². The third-order valence-corrected chi connectivity index (χ3v) is 6.91. The fourth-order valence-corrected chi connectivity index (χ4v) is 4.79. The van der Waals surface area contributed by atoms with Gasteiger partial charge in [0.15, 0.2) is 0 Å². The molecule has 1 fully saturated rings. The summed E-state index contributed by atoms with van der Waals surface area (Å²) in [6, 6.07) is 9.80. The Morgan fingerprint density at radius 1 is 1.16 bits per heavy atom. The Bertz CT molecular complexity index is 866. The molecular formula is C17H19N3O3S2. The van der Waals surface area contributed by atoms with E-state index >= 15 is 0 Å². The molecule has 1 aliphatic heterocycles. The van der Waals surface area contributed by atoms with Crippen LogP contribution in [0.2, 0.25) is 0 Å². The second kappa shape index (κ2) is 7.47. The Morgan fingerprint density at radius 3 is 2.44 bits per heavy atom. The van der Waals surface area contributed by atoms with Crippen LogP contribution in [0.3, 0.4) is 0 Å². The molecule has 25 heavy (non-hydrogen) atoms. The van der Waals surface area contributed by atoms with Gasteiger partial charge in [-0.1, -0.05) is 6.07 Å². The van der Waals surface area contributed by atoms with Crippen LogP contribution in [0.15, 0.2) is 51.8 Å². The molecule has 0 bridgehead atoms. The number of hydrogen-bond acceptors (Lipinski definition) is 5. The predicted molar refractivity (Wildman–Crippen MR) is 98.4 cm³/mol. The number of sulfonamides is 1. The summed E-state index contributed by atoms with van der Waals surface area (Å²) in [6.45, 7) is 2.93. The van der Waals surface area contributed by atoms with Crippen LogP contribution in [0.25, 0.3) is 0 Å². The maximum Gasteiger partial charge on any atom is 0.271 e. The lowest BCUT2D eigenvalue weighted by atomic mass is 10.2. The van der Waals surface area contributed by atoms with Gasteiger partial charge < -0.3 is 0 Å². The van der Waals surface area contributed by atoms with Crippen LogP contribution >= 0.6 is 11.3 Å². The number of amides is 1. The Labute approximate surface area is 151 Å². The molecule has 1 N–H and O–H groups in total. The maximum atomic E-state index is 12.5. The van der Waals surface area contributed by atoms with Gasteiger partial charge in [0.25, 0.3) is 5.91 Å². The Hall–Kier alpha value is -2.03. The van der Waals surface area contributed by atoms with Crippen molar-refractivity contribution in [1.82, 2.24) is 9.73 Å². The first-order valence-electron chi connectivity index (χ1n) is 7.97. The number of benzene rings is 1. The lowest BCUT2D eigenvalue weighted by molar-refractivity contribution is 0.0954. The van der Waals surface area contributed by atoms with E-state index in [1.54, 1.807) is 11.3 Å². The number of nitrogens with zero attached hydrogens (tertiary/aromatic N) is 2. The lowest BCUT2D eigenvalue weighted by Gasteiger charge is -2.15. The minimum absolute atomic E-state index is 0.212. The van der Waals surface area contributed by atoms with Gasteiger partial charge in [-0.15, -0.1) is 11.3 Å². The van der Waals surface area contributed by atoms with E-state index < -0.39 is 10.0 Å². The van der Waals surface area contributed by atoms with Gasteiger partial charge in [0.1, 0.15) is 0 Å². The first-order valence-corrected chi connectivity index (χ1v) is 10.3. The minimum Gasteiger partial charge on any atom is -0.267 e. The standard InChI is InChI=1S/C17H19N3O3S2/c1-13(16-5-4-12-24-16)18-19-17(21)14-6-8-15(9-7-14)25(22,23)20-10-2-3-11-20/h4-9,12H,2-3,10-11H2,1H3,(H,19,21)/b18-13-. The molecule has 0 atom stereocenters. The minimum atomic E-state index is -3.46. The maximum absolute atomic E-state index is 12.5. The van der Waals surface area contributed by atoms with Crippen LogP contribution in [-0.2, 0) is 10.0 Å². The number of rotatable bonds is 5. The van der Waals surface area contributed by atoms with Crippen LogP contribution in [0.1, 0.15) is 35.0 Å². The molecule has 1 saturated heterocycles. The molecule has 3 rings (SSSR count). The quantitative estimate of drug-likeness (QED) is 0.643. The van der Waals surface area contributed by atoms with E-state index in [2.05, 4.69) is 10.5 Å². The van der Waals surface area contributed by atoms with Gasteiger partial charge in [-0.2, -0.15) is 9.41 Å². The van der Waals surface area contributed by atoms with E-state index in [1.165, 1.54) is 28.6 Å². The number of hydrazone groups is 1. The monoisotopic (exact) mass is 377 g/mol. The normalized spacial score (nSPS) is 16.1. The molecule has 132 valence electrons. The molecule has 0 spiro atoms. The number of nitrogens with one attached hydrogen (secondary N) is 1. The zero-order valence-corrected chi connectivity index (χ0v) is 15.4. The molecule has 2 aromatic rings. The zero-order chi connectivity index (χ0) is 17.9. The molecule has 1 amide bonds. The Balaban J connectivity index is 1.69. The summed E-state index contributed by atoms with van der Waals surface area (Å²) in [5, 5.41) is 6.02. The smallest absolute Gasteiger partial charge is 0.267 e. The summed E-state index contributed by atoms with van der Waals surface area (Å²) < 4.78 is 26.4. The van der Waals surface area contributed by atoms with Crippen molar-refractivity contribution >= 4 is 33.0 Å². The Morgan fingerprint density at radius 2 is 1.84 bits per heavy atom. The van der Waals surface area contributed by atoms with Crippen LogP contribution in [0.4, 0.5) is 0 Å². The van der Waals surface area contributed by atoms with Crippen molar-refractivity contribution in [3.8, 4) is 0 Å². The second-order valence-corrected chi connectivity index (χ2v) is 8.64. The van der Waals surface area contributed by atoms with Crippen molar-refractivity contribution in [3.63, 3.8) is 0 Å². The SMILES string of the molecule is C/C(=N/NC(=O)c1ccc(S(=O)(=O)N2CCCC2)cc1)c1cccs1. The molecule has 1 aromatic carbocycles. The number of hydrogen-bond donors (Lipinski definition) is 1. The fraction of sp³-hybridized carbons (Fsp3) is 0.294. The molecule has 1 aromatic heterocycles. The summed E-state index contributed by atoms with van der Waals surface area (Å²) in [4.78, 5) is 13.4. The van der Waals surface area contributed by atoms with Crippen LogP contribution in [0.5, 0.6) is 0 Å². The van der Waals surface area contributed by atoms with Crippen molar-refractivity contribution in [1.29, 1.82) is 0 Å². The lowest BCUT2D eigenvalue weighted by Crippen LogP contribution is -2.28. The van der Waals surface area contributed by atoms with Gasteiger partial charge in [-0.25, -0.2) is 13.8 Å². The zero-order valence-electron chi connectivity index (χ0n) is 13.8. The average molecular weight is 377 g/mol. The molecule has 0 saturated carbocycles. The number of thiophene rings is 1. The molecule has 8 heteroatoms. The molecule has 0 radical (unpaired) electrons. The Kier molecular flexibility index (Phi) is 5.31. The molecular weight excluding hydrogens is 358 g/mol. The van der Waals surface area contributed by atoms with Gasteiger partial charge in [0.05, 0.1) is 10.6 Å². The third kappa shape index (κ3) is 3.97. The van der Waals surface area contributed by atoms with Gasteiger partial charge in [0.2, 0.25) is 10.0 Å². The molecule has 2 heterocycles. The van der Waals surface area contributed by atoms with Crippen LogP contribution in [0, 0.1) is 0 Å². The summed E-state index contributed by atoms with van der Waals surface area (Å²) >= 11 is 1.54. The topological polar surface area (TPSA) is 78.8 Å². The van der Waals surface area contributed by atoms with E-state index in [0.29, 0.717) is 18.7 Å². The van der Waals surface area contributed by atoms with Crippen molar-refractivity contribution in [2.24, 2.45) is 5.10 Å². The van der Waals surface area contributed by atoms with E-state index in [9.17, 15) is 13.2 Å². The van der Waals surface area contributed by atoms with Gasteiger partial charge in [-0.3, -0.25) is 4.79 Å². The summed E-state index contributed by atoms with van der Waals surface area (Å²) in [5.74, 6) is -0.374. The van der Waals surface area contributed by atoms with Crippen LogP contribution < -0.4 is 5.43 Å². The highest BCUT2D eigenvalue weighted by Crippen LogP contribution is 2.21. The highest BCUT2D eigenvalue weighted by Gasteiger charge is 2.27. The van der Waals surface area contributed by atoms with Crippen molar-refractivity contribution in [2.75, 3.05) is 13.1 Å². The molecule has 1 aliphatic rings. The van der Waals surface area contributed by atoms with E-state index in [-0.39, 0.29) is 10.8 Å². The molecule has 6 nitrogen and oxygen atoms in total. The number of carbonyl (C=O) groups excluding carboxylic acids is 1. The number of carbonyl (C=O) groups is 1. The molecule has 0 aliphatic carbocycles. The largest absolute Gasteiger partial charge is 0.271 e. The first-order chi connectivity index (χ1) is 12.0. The van der Waals surface area contributed by atoms with Gasteiger partial charge in [-0.05, 0) is 55.5 Å². The average Bonchev–Trinajstić information content (AvgIpc) is 3.33. The fourth-order valence-electron chi connectivity index (χ4n) is 2.59. The van der Waals surface area contributed by atoms with E-state index in [4.69, 9.17) is 0 Å². The first kappa shape index (κ1) is 17.8. The molecule has 0 unspecified atom stereocenters. The third-order valence-electron chi connectivity index (χ3n) is 4.02. The van der Waals surface area contributed by atoms with Crippen molar-refractivity contribution < 1.29 is 13.2 Å². The highest BCUT2D eigenvalue weighted by atomic mass is 32.2. The summed E-state index contributed by atoms with van der Waals surface area (Å²) in [5.41, 5.74) is 3.58. The van der Waals surface area contributed by atoms with E-state index in [0.717, 1.165) is 23.4 Å². The van der Waals surface area contributed by atoms with Crippen LogP contribution in [-0.4, -0.2) is 37.4 Å². The highest BCUT2D eigenvalue weighted by molar-refractivity contribution is 7.89. The van der Waals surface area contributed by atoms with Gasteiger partial charge >= 0.3 is 0 Å². The second-order valence-electron chi connectivity index (χ2n) is 5.75. The summed E-state index contributed by atoms with van der Waals surface area (Å²) in [6.07, 6.45) is 1.78. The summed E-state index contributed by atoms with van der Waals surface area (Å²) in [7, 11) is -3.46. The van der Waals surface area contributed by atoms with Crippen molar-refractivity contribution in [3.05, 3.63) is 52.2 Å².